The van der Waals surface area contributed by atoms with Crippen molar-refractivity contribution in [2.45, 2.75) is 33.2 Å². The molecule has 1 aliphatic rings. The summed E-state index contributed by atoms with van der Waals surface area (Å²) in [6.07, 6.45) is 1.84. The number of carbonyl (C=O) groups is 1. The average molecular weight is 264 g/mol. The molecule has 1 aliphatic heterocycles. The summed E-state index contributed by atoms with van der Waals surface area (Å²) < 4.78 is 1.87. The molecule has 0 atom stereocenters. The Bertz CT molecular complexity index is 433. The Morgan fingerprint density at radius 1 is 1.21 bits per heavy atom. The summed E-state index contributed by atoms with van der Waals surface area (Å²) in [7, 11) is 2.10. The Morgan fingerprint density at radius 3 is 2.47 bits per heavy atom. The number of likely N-dealkylation sites (N-methyl/N-ethyl adjacent to an activating group) is 1. The molecule has 0 saturated carbocycles. The summed E-state index contributed by atoms with van der Waals surface area (Å²) in [5.41, 5.74) is 2.22. The van der Waals surface area contributed by atoms with Gasteiger partial charge in [0.15, 0.2) is 0 Å². The van der Waals surface area contributed by atoms with Gasteiger partial charge in [-0.2, -0.15) is 5.10 Å². The molecular weight excluding hydrogens is 240 g/mol. The quantitative estimate of drug-likeness (QED) is 0.807. The number of hydrogen-bond donors (Lipinski definition) is 0. The summed E-state index contributed by atoms with van der Waals surface area (Å²) in [6, 6.07) is 2.11. The smallest absolute Gasteiger partial charge is 0.244 e. The van der Waals surface area contributed by atoms with Gasteiger partial charge < -0.3 is 9.80 Å². The van der Waals surface area contributed by atoms with Crippen LogP contribution in [0.2, 0.25) is 0 Å². The van der Waals surface area contributed by atoms with Crippen LogP contribution < -0.4 is 0 Å². The van der Waals surface area contributed by atoms with Crippen molar-refractivity contribution in [2.75, 3.05) is 33.2 Å². The fourth-order valence-electron chi connectivity index (χ4n) is 2.39. The van der Waals surface area contributed by atoms with E-state index in [9.17, 15) is 4.79 Å². The zero-order chi connectivity index (χ0) is 13.8. The molecular formula is C14H24N4O. The second-order valence-electron chi connectivity index (χ2n) is 5.18. The lowest BCUT2D eigenvalue weighted by atomic mass is 10.2. The van der Waals surface area contributed by atoms with E-state index in [1.165, 1.54) is 0 Å². The maximum absolute atomic E-state index is 12.3. The van der Waals surface area contributed by atoms with Gasteiger partial charge in [0.25, 0.3) is 0 Å². The third-order valence-electron chi connectivity index (χ3n) is 3.78. The molecule has 0 N–H and O–H groups in total. The van der Waals surface area contributed by atoms with Crippen LogP contribution in [0, 0.1) is 0 Å². The highest BCUT2D eigenvalue weighted by atomic mass is 16.2. The van der Waals surface area contributed by atoms with E-state index >= 15 is 0 Å². The van der Waals surface area contributed by atoms with E-state index in [1.54, 1.807) is 0 Å². The first-order valence-electron chi connectivity index (χ1n) is 7.16. The van der Waals surface area contributed by atoms with Crippen molar-refractivity contribution in [3.63, 3.8) is 0 Å². The average Bonchev–Trinajstić information content (AvgIpc) is 2.81. The van der Waals surface area contributed by atoms with E-state index in [2.05, 4.69) is 37.0 Å². The molecule has 106 valence electrons. The van der Waals surface area contributed by atoms with Gasteiger partial charge >= 0.3 is 0 Å². The van der Waals surface area contributed by atoms with Gasteiger partial charge in [-0.3, -0.25) is 9.48 Å². The summed E-state index contributed by atoms with van der Waals surface area (Å²) in [5.74, 6) is 0.188. The predicted octanol–water partition coefficient (Wildman–Crippen LogP) is 0.782. The topological polar surface area (TPSA) is 41.4 Å². The molecule has 19 heavy (non-hydrogen) atoms. The van der Waals surface area contributed by atoms with Crippen molar-refractivity contribution in [3.8, 4) is 0 Å². The molecule has 1 saturated heterocycles. The molecule has 0 radical (unpaired) electrons. The highest BCUT2D eigenvalue weighted by Crippen LogP contribution is 2.08. The van der Waals surface area contributed by atoms with Gasteiger partial charge in [0.05, 0.1) is 5.69 Å². The Labute approximate surface area is 115 Å². The summed E-state index contributed by atoms with van der Waals surface area (Å²) in [6.45, 7) is 8.17. The first-order valence-corrected chi connectivity index (χ1v) is 7.16. The number of nitrogens with zero attached hydrogens (tertiary/aromatic N) is 4. The summed E-state index contributed by atoms with van der Waals surface area (Å²) in [4.78, 5) is 16.5. The number of amides is 1. The summed E-state index contributed by atoms with van der Waals surface area (Å²) in [5, 5.41) is 4.51. The fourth-order valence-corrected chi connectivity index (χ4v) is 2.39. The zero-order valence-electron chi connectivity index (χ0n) is 12.2. The SMILES string of the molecule is CCc1cc(CC)n(CC(=O)N2CCN(C)CC2)n1. The van der Waals surface area contributed by atoms with E-state index in [0.29, 0.717) is 6.54 Å². The zero-order valence-corrected chi connectivity index (χ0v) is 12.2. The number of aryl methyl sites for hydroxylation is 2. The Hall–Kier alpha value is -1.36. The van der Waals surface area contributed by atoms with Gasteiger partial charge in [0, 0.05) is 31.9 Å². The molecule has 0 unspecified atom stereocenters. The molecule has 0 bridgehead atoms. The van der Waals surface area contributed by atoms with E-state index < -0.39 is 0 Å². The molecule has 0 aromatic carbocycles. The van der Waals surface area contributed by atoms with Crippen molar-refractivity contribution in [2.24, 2.45) is 0 Å². The van der Waals surface area contributed by atoms with Crippen molar-refractivity contribution in [3.05, 3.63) is 17.5 Å². The molecule has 2 heterocycles. The third kappa shape index (κ3) is 3.35. The second kappa shape index (κ2) is 6.19. The number of aromatic nitrogens is 2. The lowest BCUT2D eigenvalue weighted by Gasteiger charge is -2.32. The largest absolute Gasteiger partial charge is 0.339 e. The number of piperazine rings is 1. The first-order chi connectivity index (χ1) is 9.13. The molecule has 1 aromatic heterocycles. The Morgan fingerprint density at radius 2 is 1.89 bits per heavy atom. The van der Waals surface area contributed by atoms with E-state index in [4.69, 9.17) is 0 Å². The molecule has 1 aromatic rings. The Kier molecular flexibility index (Phi) is 4.58. The van der Waals surface area contributed by atoms with E-state index in [0.717, 1.165) is 50.4 Å². The van der Waals surface area contributed by atoms with E-state index in [-0.39, 0.29) is 5.91 Å². The highest BCUT2D eigenvalue weighted by molar-refractivity contribution is 5.76. The van der Waals surface area contributed by atoms with Crippen molar-refractivity contribution in [1.29, 1.82) is 0 Å². The Balaban J connectivity index is 2.00. The first kappa shape index (κ1) is 14.1. The molecule has 2 rings (SSSR count). The normalized spacial score (nSPS) is 16.9. The lowest BCUT2D eigenvalue weighted by Crippen LogP contribution is -2.48. The molecule has 5 nitrogen and oxygen atoms in total. The van der Waals surface area contributed by atoms with Crippen molar-refractivity contribution < 1.29 is 4.79 Å². The molecule has 5 heteroatoms. The van der Waals surface area contributed by atoms with Crippen molar-refractivity contribution >= 4 is 5.91 Å². The van der Waals surface area contributed by atoms with Gasteiger partial charge in [0.2, 0.25) is 5.91 Å². The van der Waals surface area contributed by atoms with Crippen LogP contribution in [0.5, 0.6) is 0 Å². The number of rotatable bonds is 4. The van der Waals surface area contributed by atoms with Crippen LogP contribution in [0.4, 0.5) is 0 Å². The molecule has 0 aliphatic carbocycles. The van der Waals surface area contributed by atoms with Gasteiger partial charge in [-0.25, -0.2) is 0 Å². The van der Waals surface area contributed by atoms with Gasteiger partial charge in [-0.05, 0) is 26.0 Å². The molecule has 1 fully saturated rings. The predicted molar refractivity (Wildman–Crippen MR) is 75.1 cm³/mol. The molecule has 1 amide bonds. The van der Waals surface area contributed by atoms with Gasteiger partial charge in [-0.15, -0.1) is 0 Å². The maximum Gasteiger partial charge on any atom is 0.244 e. The van der Waals surface area contributed by atoms with Crippen LogP contribution in [-0.4, -0.2) is 58.7 Å². The lowest BCUT2D eigenvalue weighted by molar-refractivity contribution is -0.133. The van der Waals surface area contributed by atoms with Crippen LogP contribution in [0.1, 0.15) is 25.2 Å². The third-order valence-corrected chi connectivity index (χ3v) is 3.78. The van der Waals surface area contributed by atoms with Crippen molar-refractivity contribution in [1.82, 2.24) is 19.6 Å². The van der Waals surface area contributed by atoms with Crippen LogP contribution in [-0.2, 0) is 24.2 Å². The van der Waals surface area contributed by atoms with Gasteiger partial charge in [0.1, 0.15) is 6.54 Å². The van der Waals surface area contributed by atoms with Gasteiger partial charge in [-0.1, -0.05) is 13.8 Å². The summed E-state index contributed by atoms with van der Waals surface area (Å²) >= 11 is 0. The number of carbonyl (C=O) groups excluding carboxylic acids is 1. The molecule has 0 spiro atoms. The number of hydrogen-bond acceptors (Lipinski definition) is 3. The maximum atomic E-state index is 12.3. The van der Waals surface area contributed by atoms with Crippen LogP contribution in [0.15, 0.2) is 6.07 Å². The minimum Gasteiger partial charge on any atom is -0.339 e. The fraction of sp³-hybridized carbons (Fsp3) is 0.714. The van der Waals surface area contributed by atoms with Crippen LogP contribution in [0.3, 0.4) is 0 Å². The van der Waals surface area contributed by atoms with Crippen LogP contribution in [0.25, 0.3) is 0 Å². The van der Waals surface area contributed by atoms with Crippen LogP contribution >= 0.6 is 0 Å². The highest BCUT2D eigenvalue weighted by Gasteiger charge is 2.20. The standard InChI is InChI=1S/C14H24N4O/c1-4-12-10-13(5-2)18(15-12)11-14(19)17-8-6-16(3)7-9-17/h10H,4-9,11H2,1-3H3. The minimum absolute atomic E-state index is 0.188. The second-order valence-corrected chi connectivity index (χ2v) is 5.18. The van der Waals surface area contributed by atoms with E-state index in [1.807, 2.05) is 9.58 Å². The minimum atomic E-state index is 0.188. The monoisotopic (exact) mass is 264 g/mol.